The van der Waals surface area contributed by atoms with E-state index in [1.807, 2.05) is 11.7 Å². The quantitative estimate of drug-likeness (QED) is 0.906. The molecule has 1 fully saturated rings. The molecule has 1 aromatic heterocycles. The first-order valence-corrected chi connectivity index (χ1v) is 7.57. The molecule has 19 heavy (non-hydrogen) atoms. The lowest BCUT2D eigenvalue weighted by Crippen LogP contribution is -2.58. The van der Waals surface area contributed by atoms with Gasteiger partial charge in [-0.3, -0.25) is 4.68 Å². The van der Waals surface area contributed by atoms with Gasteiger partial charge in [-0.15, -0.1) is 0 Å². The lowest BCUT2D eigenvalue weighted by molar-refractivity contribution is 0.306. The minimum absolute atomic E-state index is 0.586. The molecule has 0 aliphatic carbocycles. The summed E-state index contributed by atoms with van der Waals surface area (Å²) in [5.74, 6) is 0.720. The van der Waals surface area contributed by atoms with Crippen LogP contribution in [0.1, 0.15) is 39.3 Å². The number of hydrogen-bond donors (Lipinski definition) is 1. The number of nitrogens with one attached hydrogen (secondary N) is 1. The standard InChI is InChI=1S/C15H28N4/c1-6-11(3)14-9-19(13(7-2)8-16-14)15-10-18(5)17-12(15)4/h10-11,13-14,16H,6-9H2,1-5H3. The van der Waals surface area contributed by atoms with E-state index in [1.165, 1.54) is 18.5 Å². The van der Waals surface area contributed by atoms with Gasteiger partial charge in [-0.05, 0) is 19.3 Å². The van der Waals surface area contributed by atoms with Crippen LogP contribution in [0.2, 0.25) is 0 Å². The van der Waals surface area contributed by atoms with Gasteiger partial charge in [-0.1, -0.05) is 27.2 Å². The fourth-order valence-corrected chi connectivity index (χ4v) is 3.02. The SMILES string of the molecule is CCC(C)C1CN(c2cn(C)nc2C)C(CC)CN1. The van der Waals surface area contributed by atoms with Crippen LogP contribution >= 0.6 is 0 Å². The smallest absolute Gasteiger partial charge is 0.0827 e. The second-order valence-corrected chi connectivity index (χ2v) is 5.89. The molecule has 0 bridgehead atoms. The van der Waals surface area contributed by atoms with E-state index in [0.29, 0.717) is 12.1 Å². The molecule has 0 saturated carbocycles. The molecule has 1 aliphatic rings. The number of rotatable bonds is 4. The lowest BCUT2D eigenvalue weighted by Gasteiger charge is -2.43. The maximum absolute atomic E-state index is 4.50. The number of anilines is 1. The molecule has 3 atom stereocenters. The molecule has 2 rings (SSSR count). The fourth-order valence-electron chi connectivity index (χ4n) is 3.02. The summed E-state index contributed by atoms with van der Waals surface area (Å²) >= 11 is 0. The Morgan fingerprint density at radius 3 is 2.74 bits per heavy atom. The van der Waals surface area contributed by atoms with E-state index in [1.54, 1.807) is 0 Å². The van der Waals surface area contributed by atoms with Crippen molar-refractivity contribution in [2.75, 3.05) is 18.0 Å². The van der Waals surface area contributed by atoms with Crippen molar-refractivity contribution in [3.8, 4) is 0 Å². The van der Waals surface area contributed by atoms with Crippen molar-refractivity contribution in [3.05, 3.63) is 11.9 Å². The van der Waals surface area contributed by atoms with Gasteiger partial charge in [-0.2, -0.15) is 5.10 Å². The van der Waals surface area contributed by atoms with Crippen LogP contribution in [0, 0.1) is 12.8 Å². The van der Waals surface area contributed by atoms with Crippen molar-refractivity contribution < 1.29 is 0 Å². The number of piperazine rings is 1. The minimum Gasteiger partial charge on any atom is -0.363 e. The molecular weight excluding hydrogens is 236 g/mol. The van der Waals surface area contributed by atoms with Crippen LogP contribution in [0.3, 0.4) is 0 Å². The predicted molar refractivity (Wildman–Crippen MR) is 80.6 cm³/mol. The average Bonchev–Trinajstić information content (AvgIpc) is 2.76. The van der Waals surface area contributed by atoms with Gasteiger partial charge in [0.2, 0.25) is 0 Å². The molecule has 0 radical (unpaired) electrons. The van der Waals surface area contributed by atoms with Crippen molar-refractivity contribution in [3.63, 3.8) is 0 Å². The summed E-state index contributed by atoms with van der Waals surface area (Å²) in [6, 6.07) is 1.18. The van der Waals surface area contributed by atoms with Crippen molar-refractivity contribution in [1.29, 1.82) is 0 Å². The van der Waals surface area contributed by atoms with Gasteiger partial charge in [0.25, 0.3) is 0 Å². The molecule has 1 aliphatic heterocycles. The molecular formula is C15H28N4. The second kappa shape index (κ2) is 5.95. The Morgan fingerprint density at radius 1 is 1.47 bits per heavy atom. The van der Waals surface area contributed by atoms with Crippen molar-refractivity contribution in [2.45, 2.75) is 52.6 Å². The largest absolute Gasteiger partial charge is 0.363 e. The van der Waals surface area contributed by atoms with Gasteiger partial charge < -0.3 is 10.2 Å². The van der Waals surface area contributed by atoms with E-state index in [0.717, 1.165) is 24.7 Å². The predicted octanol–water partition coefficient (Wildman–Crippen LogP) is 2.33. The molecule has 1 aromatic rings. The molecule has 1 saturated heterocycles. The Hall–Kier alpha value is -1.03. The summed E-state index contributed by atoms with van der Waals surface area (Å²) < 4.78 is 1.93. The first kappa shape index (κ1) is 14.4. The molecule has 108 valence electrons. The van der Waals surface area contributed by atoms with Crippen molar-refractivity contribution in [2.24, 2.45) is 13.0 Å². The van der Waals surface area contributed by atoms with E-state index in [4.69, 9.17) is 0 Å². The Morgan fingerprint density at radius 2 is 2.21 bits per heavy atom. The third-order valence-corrected chi connectivity index (χ3v) is 4.55. The van der Waals surface area contributed by atoms with Crippen LogP contribution in [0.25, 0.3) is 0 Å². The molecule has 4 nitrogen and oxygen atoms in total. The Labute approximate surface area is 117 Å². The maximum atomic E-state index is 4.50. The molecule has 4 heteroatoms. The third-order valence-electron chi connectivity index (χ3n) is 4.55. The highest BCUT2D eigenvalue weighted by Crippen LogP contribution is 2.26. The van der Waals surface area contributed by atoms with Crippen molar-refractivity contribution in [1.82, 2.24) is 15.1 Å². The van der Waals surface area contributed by atoms with E-state index >= 15 is 0 Å². The number of nitrogens with zero attached hydrogens (tertiary/aromatic N) is 3. The summed E-state index contributed by atoms with van der Waals surface area (Å²) in [5, 5.41) is 8.23. The van der Waals surface area contributed by atoms with Crippen LogP contribution in [-0.2, 0) is 7.05 Å². The van der Waals surface area contributed by atoms with Gasteiger partial charge in [0.15, 0.2) is 0 Å². The summed E-state index contributed by atoms with van der Waals surface area (Å²) in [7, 11) is 2.01. The lowest BCUT2D eigenvalue weighted by atomic mass is 9.94. The van der Waals surface area contributed by atoms with Gasteiger partial charge in [0.1, 0.15) is 0 Å². The molecule has 3 unspecified atom stereocenters. The number of aryl methyl sites for hydroxylation is 2. The zero-order chi connectivity index (χ0) is 14.0. The molecule has 0 aromatic carbocycles. The Kier molecular flexibility index (Phi) is 4.50. The summed E-state index contributed by atoms with van der Waals surface area (Å²) in [5.41, 5.74) is 2.45. The summed E-state index contributed by atoms with van der Waals surface area (Å²) in [6.07, 6.45) is 4.57. The Balaban J connectivity index is 2.21. The summed E-state index contributed by atoms with van der Waals surface area (Å²) in [6.45, 7) is 11.2. The fraction of sp³-hybridized carbons (Fsp3) is 0.800. The monoisotopic (exact) mass is 264 g/mol. The average molecular weight is 264 g/mol. The second-order valence-electron chi connectivity index (χ2n) is 5.89. The van der Waals surface area contributed by atoms with Crippen LogP contribution in [0.4, 0.5) is 5.69 Å². The van der Waals surface area contributed by atoms with E-state index in [-0.39, 0.29) is 0 Å². The molecule has 0 amide bonds. The highest BCUT2D eigenvalue weighted by atomic mass is 15.3. The van der Waals surface area contributed by atoms with Crippen LogP contribution in [-0.4, -0.2) is 35.0 Å². The van der Waals surface area contributed by atoms with Gasteiger partial charge in [0, 0.05) is 38.4 Å². The van der Waals surface area contributed by atoms with Crippen LogP contribution in [0.15, 0.2) is 6.20 Å². The van der Waals surface area contributed by atoms with Gasteiger partial charge in [0.05, 0.1) is 11.4 Å². The first-order chi connectivity index (χ1) is 9.06. The zero-order valence-corrected chi connectivity index (χ0v) is 13.0. The zero-order valence-electron chi connectivity index (χ0n) is 13.0. The topological polar surface area (TPSA) is 33.1 Å². The Bertz CT molecular complexity index is 412. The maximum Gasteiger partial charge on any atom is 0.0827 e. The summed E-state index contributed by atoms with van der Waals surface area (Å²) in [4.78, 5) is 2.57. The molecule has 2 heterocycles. The van der Waals surface area contributed by atoms with Crippen LogP contribution in [0.5, 0.6) is 0 Å². The van der Waals surface area contributed by atoms with Crippen LogP contribution < -0.4 is 10.2 Å². The highest BCUT2D eigenvalue weighted by Gasteiger charge is 2.30. The number of hydrogen-bond acceptors (Lipinski definition) is 3. The molecule has 0 spiro atoms. The first-order valence-electron chi connectivity index (χ1n) is 7.57. The number of aromatic nitrogens is 2. The minimum atomic E-state index is 0.586. The van der Waals surface area contributed by atoms with E-state index in [2.05, 4.69) is 49.2 Å². The van der Waals surface area contributed by atoms with E-state index in [9.17, 15) is 0 Å². The van der Waals surface area contributed by atoms with Gasteiger partial charge in [-0.25, -0.2) is 0 Å². The van der Waals surface area contributed by atoms with Gasteiger partial charge >= 0.3 is 0 Å². The third kappa shape index (κ3) is 2.94. The molecule has 1 N–H and O–H groups in total. The van der Waals surface area contributed by atoms with E-state index < -0.39 is 0 Å². The normalized spacial score (nSPS) is 25.6. The highest BCUT2D eigenvalue weighted by molar-refractivity contribution is 5.50. The van der Waals surface area contributed by atoms with Crippen molar-refractivity contribution >= 4 is 5.69 Å².